The number of nitrogens with one attached hydrogen (secondary N) is 1. The number of carbonyl (C=O) groups excluding carboxylic acids is 3. The summed E-state index contributed by atoms with van der Waals surface area (Å²) >= 11 is 0. The van der Waals surface area contributed by atoms with Crippen LogP contribution in [0.2, 0.25) is 0 Å². The largest absolute Gasteiger partial charge is 0.467 e. The zero-order valence-corrected chi connectivity index (χ0v) is 11.6. The van der Waals surface area contributed by atoms with E-state index in [2.05, 4.69) is 14.8 Å². The summed E-state index contributed by atoms with van der Waals surface area (Å²) in [7, 11) is 2.55. The fourth-order valence-electron chi connectivity index (χ4n) is 1.76. The molecular formula is C14H17NO5. The lowest BCUT2D eigenvalue weighted by Crippen LogP contribution is -2.42. The molecule has 108 valence electrons. The van der Waals surface area contributed by atoms with Crippen molar-refractivity contribution in [2.75, 3.05) is 14.2 Å². The first-order valence-electron chi connectivity index (χ1n) is 6.00. The summed E-state index contributed by atoms with van der Waals surface area (Å²) in [6.07, 6.45) is 0.233. The van der Waals surface area contributed by atoms with Crippen LogP contribution in [-0.4, -0.2) is 38.1 Å². The van der Waals surface area contributed by atoms with E-state index >= 15 is 0 Å². The zero-order chi connectivity index (χ0) is 15.1. The van der Waals surface area contributed by atoms with Crippen LogP contribution < -0.4 is 5.32 Å². The van der Waals surface area contributed by atoms with E-state index in [1.165, 1.54) is 21.1 Å². The summed E-state index contributed by atoms with van der Waals surface area (Å²) in [6.45, 7) is 1.32. The molecule has 1 N–H and O–H groups in total. The maximum Gasteiger partial charge on any atom is 0.337 e. The number of esters is 2. The molecule has 6 heteroatoms. The molecule has 0 saturated heterocycles. The molecule has 1 unspecified atom stereocenters. The van der Waals surface area contributed by atoms with E-state index in [0.717, 1.165) is 5.56 Å². The van der Waals surface area contributed by atoms with Crippen molar-refractivity contribution in [2.45, 2.75) is 19.4 Å². The Hall–Kier alpha value is -2.37. The number of methoxy groups -OCH3 is 2. The maximum absolute atomic E-state index is 11.6. The molecule has 0 spiro atoms. The molecular weight excluding hydrogens is 262 g/mol. The molecule has 1 atom stereocenters. The fraction of sp³-hybridized carbons (Fsp3) is 0.357. The molecule has 0 aromatic heterocycles. The molecule has 1 rings (SSSR count). The number of hydrogen-bond donors (Lipinski definition) is 1. The van der Waals surface area contributed by atoms with Gasteiger partial charge in [-0.15, -0.1) is 0 Å². The molecule has 1 aromatic carbocycles. The molecule has 20 heavy (non-hydrogen) atoms. The number of rotatable bonds is 5. The van der Waals surface area contributed by atoms with Crippen molar-refractivity contribution in [3.8, 4) is 0 Å². The Morgan fingerprint density at radius 2 is 1.90 bits per heavy atom. The van der Waals surface area contributed by atoms with Gasteiger partial charge in [-0.05, 0) is 17.7 Å². The van der Waals surface area contributed by atoms with Crippen LogP contribution in [0.25, 0.3) is 0 Å². The Morgan fingerprint density at radius 3 is 2.45 bits per heavy atom. The molecule has 1 amide bonds. The Kier molecular flexibility index (Phi) is 5.71. The van der Waals surface area contributed by atoms with E-state index in [9.17, 15) is 14.4 Å². The Morgan fingerprint density at radius 1 is 1.20 bits per heavy atom. The van der Waals surface area contributed by atoms with E-state index in [4.69, 9.17) is 0 Å². The predicted molar refractivity (Wildman–Crippen MR) is 71.1 cm³/mol. The van der Waals surface area contributed by atoms with Gasteiger partial charge in [0.2, 0.25) is 5.91 Å². The van der Waals surface area contributed by atoms with Crippen LogP contribution in [0.15, 0.2) is 24.3 Å². The maximum atomic E-state index is 11.6. The van der Waals surface area contributed by atoms with Gasteiger partial charge in [0.15, 0.2) is 0 Å². The quantitative estimate of drug-likeness (QED) is 0.802. The number of hydrogen-bond acceptors (Lipinski definition) is 5. The minimum absolute atomic E-state index is 0.233. The second kappa shape index (κ2) is 7.28. The van der Waals surface area contributed by atoms with Crippen molar-refractivity contribution >= 4 is 17.8 Å². The van der Waals surface area contributed by atoms with Crippen LogP contribution in [0, 0.1) is 0 Å². The van der Waals surface area contributed by atoms with Crippen molar-refractivity contribution in [1.29, 1.82) is 0 Å². The highest BCUT2D eigenvalue weighted by atomic mass is 16.5. The van der Waals surface area contributed by atoms with E-state index in [1.807, 2.05) is 0 Å². The molecule has 0 aliphatic carbocycles. The summed E-state index contributed by atoms with van der Waals surface area (Å²) in [5.41, 5.74) is 1.11. The highest BCUT2D eigenvalue weighted by Crippen LogP contribution is 2.10. The predicted octanol–water partition coefficient (Wildman–Crippen LogP) is 0.693. The number of ether oxygens (including phenoxy) is 2. The monoisotopic (exact) mass is 279 g/mol. The van der Waals surface area contributed by atoms with Crippen molar-refractivity contribution in [1.82, 2.24) is 5.32 Å². The first kappa shape index (κ1) is 15.7. The van der Waals surface area contributed by atoms with Gasteiger partial charge in [0.05, 0.1) is 19.8 Å². The molecule has 0 fully saturated rings. The average molecular weight is 279 g/mol. The molecule has 1 aromatic rings. The Balaban J connectivity index is 2.90. The van der Waals surface area contributed by atoms with E-state index in [1.54, 1.807) is 24.3 Å². The van der Waals surface area contributed by atoms with Gasteiger partial charge in [-0.3, -0.25) is 4.79 Å². The molecule has 0 aliphatic rings. The number of amides is 1. The smallest absolute Gasteiger partial charge is 0.337 e. The lowest BCUT2D eigenvalue weighted by atomic mass is 10.0. The van der Waals surface area contributed by atoms with E-state index in [0.29, 0.717) is 5.56 Å². The molecule has 0 radical (unpaired) electrons. The number of carbonyl (C=O) groups is 3. The second-order valence-electron chi connectivity index (χ2n) is 4.17. The van der Waals surface area contributed by atoms with Gasteiger partial charge in [-0.2, -0.15) is 0 Å². The molecule has 0 saturated carbocycles. The average Bonchev–Trinajstić information content (AvgIpc) is 2.44. The third-order valence-electron chi connectivity index (χ3n) is 2.65. The Labute approximate surface area is 117 Å². The van der Waals surface area contributed by atoms with Crippen LogP contribution in [0.5, 0.6) is 0 Å². The van der Waals surface area contributed by atoms with E-state index in [-0.39, 0.29) is 12.3 Å². The second-order valence-corrected chi connectivity index (χ2v) is 4.17. The van der Waals surface area contributed by atoms with Gasteiger partial charge in [-0.1, -0.05) is 12.1 Å². The van der Waals surface area contributed by atoms with Crippen LogP contribution in [-0.2, 0) is 25.5 Å². The molecule has 0 bridgehead atoms. The molecule has 6 nitrogen and oxygen atoms in total. The molecule has 0 heterocycles. The van der Waals surface area contributed by atoms with Crippen LogP contribution in [0.4, 0.5) is 0 Å². The topological polar surface area (TPSA) is 81.7 Å². The zero-order valence-electron chi connectivity index (χ0n) is 11.6. The minimum Gasteiger partial charge on any atom is -0.467 e. The van der Waals surface area contributed by atoms with Crippen molar-refractivity contribution in [3.63, 3.8) is 0 Å². The third kappa shape index (κ3) is 4.38. The third-order valence-corrected chi connectivity index (χ3v) is 2.65. The highest BCUT2D eigenvalue weighted by Gasteiger charge is 2.21. The van der Waals surface area contributed by atoms with Gasteiger partial charge >= 0.3 is 11.9 Å². The van der Waals surface area contributed by atoms with Crippen molar-refractivity contribution < 1.29 is 23.9 Å². The standard InChI is InChI=1S/C14H17NO5/c1-9(16)15-12(14(18)20-3)8-10-5-4-6-11(7-10)13(17)19-2/h4-7,12H,8H2,1-3H3,(H,15,16). The van der Waals surface area contributed by atoms with Crippen LogP contribution in [0.3, 0.4) is 0 Å². The van der Waals surface area contributed by atoms with Gasteiger partial charge in [0.25, 0.3) is 0 Å². The van der Waals surface area contributed by atoms with Crippen molar-refractivity contribution in [3.05, 3.63) is 35.4 Å². The first-order valence-corrected chi connectivity index (χ1v) is 6.00. The van der Waals surface area contributed by atoms with Gasteiger partial charge in [-0.25, -0.2) is 9.59 Å². The SMILES string of the molecule is COC(=O)c1cccc(CC(NC(C)=O)C(=O)OC)c1. The highest BCUT2D eigenvalue weighted by molar-refractivity contribution is 5.89. The minimum atomic E-state index is -0.787. The summed E-state index contributed by atoms with van der Waals surface area (Å²) in [6, 6.07) is 5.88. The lowest BCUT2D eigenvalue weighted by molar-refractivity contribution is -0.144. The van der Waals surface area contributed by atoms with Gasteiger partial charge in [0, 0.05) is 13.3 Å². The lowest BCUT2D eigenvalue weighted by Gasteiger charge is -2.15. The summed E-state index contributed by atoms with van der Waals surface area (Å²) in [5.74, 6) is -1.32. The summed E-state index contributed by atoms with van der Waals surface area (Å²) < 4.78 is 9.27. The first-order chi connectivity index (χ1) is 9.47. The normalized spacial score (nSPS) is 11.3. The Bertz CT molecular complexity index is 512. The van der Waals surface area contributed by atoms with E-state index < -0.39 is 18.0 Å². The van der Waals surface area contributed by atoms with Crippen LogP contribution in [0.1, 0.15) is 22.8 Å². The van der Waals surface area contributed by atoms with Gasteiger partial charge < -0.3 is 14.8 Å². The fourth-order valence-corrected chi connectivity index (χ4v) is 1.76. The number of benzene rings is 1. The summed E-state index contributed by atoms with van der Waals surface area (Å²) in [5, 5.41) is 2.51. The van der Waals surface area contributed by atoms with Crippen molar-refractivity contribution in [2.24, 2.45) is 0 Å². The van der Waals surface area contributed by atoms with Crippen LogP contribution >= 0.6 is 0 Å². The van der Waals surface area contributed by atoms with Gasteiger partial charge in [0.1, 0.15) is 6.04 Å². The molecule has 0 aliphatic heterocycles. The summed E-state index contributed by atoms with van der Waals surface area (Å²) in [4.78, 5) is 34.1.